The van der Waals surface area contributed by atoms with Crippen LogP contribution in [0.15, 0.2) is 27.8 Å². The van der Waals surface area contributed by atoms with Crippen molar-refractivity contribution in [2.24, 2.45) is 16.3 Å². The van der Waals surface area contributed by atoms with Gasteiger partial charge in [0.2, 0.25) is 0 Å². The van der Waals surface area contributed by atoms with Crippen LogP contribution in [0, 0.1) is 11.3 Å². The Kier molecular flexibility index (Phi) is 4.95. The predicted molar refractivity (Wildman–Crippen MR) is 91.6 cm³/mol. The van der Waals surface area contributed by atoms with Gasteiger partial charge in [-0.1, -0.05) is 13.8 Å². The Balaban J connectivity index is 1.60. The van der Waals surface area contributed by atoms with E-state index < -0.39 is 0 Å². The molecule has 1 aromatic rings. The fraction of sp³-hybridized carbons (Fsp3) is 0.722. The molecule has 1 saturated carbocycles. The van der Waals surface area contributed by atoms with Crippen molar-refractivity contribution in [3.8, 4) is 0 Å². The summed E-state index contributed by atoms with van der Waals surface area (Å²) in [6.45, 7) is 9.19. The topological polar surface area (TPSA) is 58.8 Å². The van der Waals surface area contributed by atoms with Crippen molar-refractivity contribution in [3.63, 3.8) is 0 Å². The molecule has 0 radical (unpaired) electrons. The van der Waals surface area contributed by atoms with Crippen molar-refractivity contribution in [2.45, 2.75) is 52.2 Å². The van der Waals surface area contributed by atoms with Gasteiger partial charge in [0.05, 0.1) is 12.4 Å². The lowest BCUT2D eigenvalue weighted by atomic mass is 9.55. The Morgan fingerprint density at radius 1 is 1.43 bits per heavy atom. The number of hydrogen-bond donors (Lipinski definition) is 2. The number of furan rings is 1. The lowest BCUT2D eigenvalue weighted by Crippen LogP contribution is -2.71. The number of ether oxygens (including phenoxy) is 1. The van der Waals surface area contributed by atoms with Crippen molar-refractivity contribution in [3.05, 3.63) is 24.2 Å². The van der Waals surface area contributed by atoms with E-state index in [2.05, 4.69) is 31.4 Å². The third kappa shape index (κ3) is 3.39. The van der Waals surface area contributed by atoms with Crippen molar-refractivity contribution < 1.29 is 9.15 Å². The van der Waals surface area contributed by atoms with Crippen LogP contribution in [0.2, 0.25) is 0 Å². The molecule has 23 heavy (non-hydrogen) atoms. The molecule has 2 fully saturated rings. The smallest absolute Gasteiger partial charge is 0.191 e. The van der Waals surface area contributed by atoms with Gasteiger partial charge in [0.15, 0.2) is 5.96 Å². The molecule has 0 bridgehead atoms. The van der Waals surface area contributed by atoms with Crippen LogP contribution in [0.25, 0.3) is 0 Å². The van der Waals surface area contributed by atoms with Crippen molar-refractivity contribution in [1.82, 2.24) is 10.6 Å². The number of fused-ring (bicyclic) bond motifs is 1. The first-order valence-electron chi connectivity index (χ1n) is 8.81. The van der Waals surface area contributed by atoms with Crippen LogP contribution in [-0.4, -0.2) is 37.8 Å². The minimum Gasteiger partial charge on any atom is -0.469 e. The van der Waals surface area contributed by atoms with Crippen LogP contribution in [0.3, 0.4) is 0 Å². The molecule has 2 heterocycles. The summed E-state index contributed by atoms with van der Waals surface area (Å²) in [6, 6.07) is 4.34. The number of aliphatic imine (C=N–C) groups is 1. The molecule has 0 amide bonds. The Labute approximate surface area is 138 Å². The molecular weight excluding hydrogens is 290 g/mol. The van der Waals surface area contributed by atoms with E-state index >= 15 is 0 Å². The number of hydrogen-bond acceptors (Lipinski definition) is 3. The Morgan fingerprint density at radius 3 is 3.04 bits per heavy atom. The highest BCUT2D eigenvalue weighted by Crippen LogP contribution is 2.51. The number of nitrogens with one attached hydrogen (secondary N) is 2. The van der Waals surface area contributed by atoms with Gasteiger partial charge in [-0.25, -0.2) is 0 Å². The van der Waals surface area contributed by atoms with Gasteiger partial charge < -0.3 is 19.8 Å². The minimum atomic E-state index is 0.155. The summed E-state index contributed by atoms with van der Waals surface area (Å²) in [5.41, 5.74) is 0.155. The molecule has 1 saturated heterocycles. The van der Waals surface area contributed by atoms with Crippen molar-refractivity contribution in [2.75, 3.05) is 19.7 Å². The fourth-order valence-corrected chi connectivity index (χ4v) is 4.02. The number of nitrogens with zero attached hydrogens (tertiary/aromatic N) is 1. The van der Waals surface area contributed by atoms with Gasteiger partial charge >= 0.3 is 0 Å². The molecule has 2 aliphatic rings. The molecule has 0 aromatic carbocycles. The fourth-order valence-electron chi connectivity index (χ4n) is 4.02. The Morgan fingerprint density at radius 2 is 2.30 bits per heavy atom. The zero-order valence-corrected chi connectivity index (χ0v) is 14.5. The Bertz CT molecular complexity index is 524. The van der Waals surface area contributed by atoms with Gasteiger partial charge in [-0.3, -0.25) is 4.99 Å². The van der Waals surface area contributed by atoms with Gasteiger partial charge in [0.1, 0.15) is 5.76 Å². The maximum atomic E-state index is 5.98. The number of guanidine groups is 1. The summed E-state index contributed by atoms with van der Waals surface area (Å²) >= 11 is 0. The highest BCUT2D eigenvalue weighted by Gasteiger charge is 2.58. The molecule has 1 aromatic heterocycles. The Hall–Kier alpha value is -1.49. The highest BCUT2D eigenvalue weighted by molar-refractivity contribution is 5.80. The van der Waals surface area contributed by atoms with E-state index in [1.54, 1.807) is 6.26 Å². The molecular formula is C18H29N3O2. The van der Waals surface area contributed by atoms with Crippen LogP contribution in [0.4, 0.5) is 0 Å². The van der Waals surface area contributed by atoms with Crippen molar-refractivity contribution in [1.29, 1.82) is 0 Å². The molecule has 3 unspecified atom stereocenters. The third-order valence-corrected chi connectivity index (χ3v) is 5.18. The standard InChI is InChI=1S/C18H29N3O2/c1-4-19-17(20-10-9-13-7-5-11-22-13)21-15-14-8-6-12-23-16(14)18(15,2)3/h5,7,11,14-16H,4,6,8-10,12H2,1-3H3,(H2,19,20,21). The average molecular weight is 319 g/mol. The van der Waals surface area contributed by atoms with Gasteiger partial charge in [-0.15, -0.1) is 0 Å². The maximum Gasteiger partial charge on any atom is 0.191 e. The summed E-state index contributed by atoms with van der Waals surface area (Å²) in [7, 11) is 0. The van der Waals surface area contributed by atoms with Crippen LogP contribution >= 0.6 is 0 Å². The van der Waals surface area contributed by atoms with E-state index in [4.69, 9.17) is 14.1 Å². The lowest BCUT2D eigenvalue weighted by Gasteiger charge is -2.60. The van der Waals surface area contributed by atoms with Crippen LogP contribution in [0.5, 0.6) is 0 Å². The average Bonchev–Trinajstić information content (AvgIpc) is 3.06. The van der Waals surface area contributed by atoms with Crippen LogP contribution < -0.4 is 10.6 Å². The van der Waals surface area contributed by atoms with E-state index in [-0.39, 0.29) is 5.41 Å². The van der Waals surface area contributed by atoms with E-state index in [9.17, 15) is 0 Å². The molecule has 5 heteroatoms. The van der Waals surface area contributed by atoms with Crippen LogP contribution in [0.1, 0.15) is 39.4 Å². The molecule has 1 aliphatic heterocycles. The maximum absolute atomic E-state index is 5.98. The monoisotopic (exact) mass is 319 g/mol. The first kappa shape index (κ1) is 16.4. The van der Waals surface area contributed by atoms with E-state index in [0.717, 1.165) is 37.8 Å². The second-order valence-electron chi connectivity index (χ2n) is 7.13. The van der Waals surface area contributed by atoms with E-state index in [1.807, 2.05) is 12.1 Å². The normalized spacial score (nSPS) is 29.5. The largest absolute Gasteiger partial charge is 0.469 e. The first-order valence-corrected chi connectivity index (χ1v) is 8.81. The molecule has 1 aliphatic carbocycles. The summed E-state index contributed by atoms with van der Waals surface area (Å²) in [4.78, 5) is 4.71. The zero-order valence-electron chi connectivity index (χ0n) is 14.5. The lowest BCUT2D eigenvalue weighted by molar-refractivity contribution is -0.188. The summed E-state index contributed by atoms with van der Waals surface area (Å²) in [5, 5.41) is 7.01. The highest BCUT2D eigenvalue weighted by atomic mass is 16.5. The molecule has 2 N–H and O–H groups in total. The van der Waals surface area contributed by atoms with E-state index in [1.165, 1.54) is 12.8 Å². The molecule has 3 atom stereocenters. The second-order valence-corrected chi connectivity index (χ2v) is 7.13. The quantitative estimate of drug-likeness (QED) is 0.647. The molecule has 3 rings (SSSR count). The SMILES string of the molecule is CCNC(=NCCc1ccco1)NC1C2CCCOC2C1(C)C. The summed E-state index contributed by atoms with van der Waals surface area (Å²) in [5.74, 6) is 2.49. The molecule has 5 nitrogen and oxygen atoms in total. The van der Waals surface area contributed by atoms with Gasteiger partial charge in [-0.2, -0.15) is 0 Å². The van der Waals surface area contributed by atoms with Crippen LogP contribution in [-0.2, 0) is 11.2 Å². The van der Waals surface area contributed by atoms with Gasteiger partial charge in [0, 0.05) is 43.5 Å². The predicted octanol–water partition coefficient (Wildman–Crippen LogP) is 2.58. The van der Waals surface area contributed by atoms with Gasteiger partial charge in [0.25, 0.3) is 0 Å². The zero-order chi connectivity index (χ0) is 16.3. The summed E-state index contributed by atoms with van der Waals surface area (Å²) in [6.07, 6.45) is 5.34. The van der Waals surface area contributed by atoms with E-state index in [0.29, 0.717) is 18.1 Å². The van der Waals surface area contributed by atoms with Gasteiger partial charge in [-0.05, 0) is 31.9 Å². The minimum absolute atomic E-state index is 0.155. The summed E-state index contributed by atoms with van der Waals surface area (Å²) < 4.78 is 11.3. The second kappa shape index (κ2) is 6.95. The first-order chi connectivity index (χ1) is 11.1. The molecule has 128 valence electrons. The van der Waals surface area contributed by atoms with Crippen molar-refractivity contribution >= 4 is 5.96 Å². The molecule has 0 spiro atoms. The third-order valence-electron chi connectivity index (χ3n) is 5.18. The number of rotatable bonds is 5.